The molecule has 0 aliphatic heterocycles. The molecular weight excluding hydrogens is 298 g/mol. The van der Waals surface area contributed by atoms with Crippen molar-refractivity contribution in [1.82, 2.24) is 5.32 Å². The van der Waals surface area contributed by atoms with E-state index in [-0.39, 0.29) is 24.4 Å². The molecule has 2 aromatic rings. The summed E-state index contributed by atoms with van der Waals surface area (Å²) in [6.07, 6.45) is 0.177. The maximum atomic E-state index is 12.1. The molecule has 1 heterocycles. The van der Waals surface area contributed by atoms with Gasteiger partial charge in [-0.1, -0.05) is 17.7 Å². The van der Waals surface area contributed by atoms with Crippen molar-refractivity contribution in [2.24, 2.45) is 0 Å². The van der Waals surface area contributed by atoms with Crippen LogP contribution in [-0.4, -0.2) is 24.1 Å². The smallest absolute Gasteiger partial charge is 0.339 e. The molecule has 1 amide bonds. The molecule has 0 aliphatic carbocycles. The minimum absolute atomic E-state index is 0.106. The molecule has 2 N–H and O–H groups in total. The lowest BCUT2D eigenvalue weighted by atomic mass is 10.1. The second-order valence-electron chi connectivity index (χ2n) is 5.26. The summed E-state index contributed by atoms with van der Waals surface area (Å²) in [6.45, 7) is 3.66. The molecule has 0 saturated carbocycles. The molecule has 0 spiro atoms. The minimum Gasteiger partial charge on any atom is -0.496 e. The first kappa shape index (κ1) is 16.6. The summed E-state index contributed by atoms with van der Waals surface area (Å²) in [5, 5.41) is 11.7. The largest absolute Gasteiger partial charge is 0.496 e. The van der Waals surface area contributed by atoms with Gasteiger partial charge in [-0.25, -0.2) is 4.79 Å². The molecule has 0 atom stereocenters. The highest BCUT2D eigenvalue weighted by Crippen LogP contribution is 2.20. The Kier molecular flexibility index (Phi) is 5.05. The average molecular weight is 317 g/mol. The summed E-state index contributed by atoms with van der Waals surface area (Å²) < 4.78 is 10.6. The molecule has 0 aliphatic rings. The van der Waals surface area contributed by atoms with Crippen molar-refractivity contribution in [3.63, 3.8) is 0 Å². The van der Waals surface area contributed by atoms with E-state index >= 15 is 0 Å². The number of carbonyl (C=O) groups is 2. The van der Waals surface area contributed by atoms with Crippen LogP contribution in [0, 0.1) is 13.8 Å². The van der Waals surface area contributed by atoms with E-state index in [1.165, 1.54) is 6.07 Å². The van der Waals surface area contributed by atoms with Gasteiger partial charge in [-0.3, -0.25) is 4.79 Å². The highest BCUT2D eigenvalue weighted by atomic mass is 16.5. The first-order valence-electron chi connectivity index (χ1n) is 7.13. The number of benzene rings is 1. The van der Waals surface area contributed by atoms with Crippen molar-refractivity contribution in [2.75, 3.05) is 7.11 Å². The SMILES string of the molecule is COc1ccc(C)cc1CC(=O)NCc1cc(C(=O)O)c(C)o1. The molecular formula is C17H19NO5. The molecule has 0 saturated heterocycles. The van der Waals surface area contributed by atoms with E-state index in [9.17, 15) is 9.59 Å². The molecule has 0 bridgehead atoms. The van der Waals surface area contributed by atoms with Gasteiger partial charge in [0, 0.05) is 5.56 Å². The van der Waals surface area contributed by atoms with Gasteiger partial charge in [0.15, 0.2) is 0 Å². The van der Waals surface area contributed by atoms with Crippen LogP contribution in [0.1, 0.15) is 33.0 Å². The fourth-order valence-corrected chi connectivity index (χ4v) is 2.31. The fourth-order valence-electron chi connectivity index (χ4n) is 2.31. The topological polar surface area (TPSA) is 88.8 Å². The number of aryl methyl sites for hydroxylation is 2. The van der Waals surface area contributed by atoms with Crippen LogP contribution < -0.4 is 10.1 Å². The van der Waals surface area contributed by atoms with Crippen LogP contribution in [0.5, 0.6) is 5.75 Å². The van der Waals surface area contributed by atoms with Crippen molar-refractivity contribution in [3.05, 3.63) is 52.5 Å². The molecule has 0 unspecified atom stereocenters. The molecule has 0 radical (unpaired) electrons. The molecule has 6 heteroatoms. The van der Waals surface area contributed by atoms with Crippen molar-refractivity contribution >= 4 is 11.9 Å². The van der Waals surface area contributed by atoms with Gasteiger partial charge >= 0.3 is 5.97 Å². The minimum atomic E-state index is -1.05. The first-order valence-corrected chi connectivity index (χ1v) is 7.13. The zero-order valence-electron chi connectivity index (χ0n) is 13.3. The summed E-state index contributed by atoms with van der Waals surface area (Å²) in [4.78, 5) is 23.0. The summed E-state index contributed by atoms with van der Waals surface area (Å²) >= 11 is 0. The second-order valence-corrected chi connectivity index (χ2v) is 5.26. The summed E-state index contributed by atoms with van der Waals surface area (Å²) in [6, 6.07) is 7.06. The van der Waals surface area contributed by atoms with Crippen LogP contribution in [0.15, 0.2) is 28.7 Å². The lowest BCUT2D eigenvalue weighted by molar-refractivity contribution is -0.120. The number of amides is 1. The monoisotopic (exact) mass is 317 g/mol. The maximum Gasteiger partial charge on any atom is 0.339 e. The number of carbonyl (C=O) groups excluding carboxylic acids is 1. The predicted octanol–water partition coefficient (Wildman–Crippen LogP) is 2.46. The number of carboxylic acids is 1. The van der Waals surface area contributed by atoms with Crippen LogP contribution in [0.4, 0.5) is 0 Å². The number of hydrogen-bond donors (Lipinski definition) is 2. The van der Waals surface area contributed by atoms with Crippen molar-refractivity contribution < 1.29 is 23.8 Å². The zero-order valence-corrected chi connectivity index (χ0v) is 13.3. The average Bonchev–Trinajstić information content (AvgIpc) is 2.87. The van der Waals surface area contributed by atoms with E-state index < -0.39 is 5.97 Å². The van der Waals surface area contributed by atoms with Gasteiger partial charge in [0.25, 0.3) is 0 Å². The molecule has 1 aromatic carbocycles. The van der Waals surface area contributed by atoms with Gasteiger partial charge in [-0.15, -0.1) is 0 Å². The van der Waals surface area contributed by atoms with Gasteiger partial charge < -0.3 is 19.6 Å². The van der Waals surface area contributed by atoms with E-state index in [0.29, 0.717) is 17.3 Å². The third-order valence-electron chi connectivity index (χ3n) is 3.45. The Labute approximate surface area is 134 Å². The molecule has 23 heavy (non-hydrogen) atoms. The molecule has 0 fully saturated rings. The van der Waals surface area contributed by atoms with Gasteiger partial charge in [0.2, 0.25) is 5.91 Å². The Bertz CT molecular complexity index is 733. The van der Waals surface area contributed by atoms with Gasteiger partial charge in [-0.2, -0.15) is 0 Å². The first-order chi connectivity index (χ1) is 10.9. The van der Waals surface area contributed by atoms with Gasteiger partial charge in [0.05, 0.1) is 20.1 Å². The number of ether oxygens (including phenoxy) is 1. The normalized spacial score (nSPS) is 10.4. The Balaban J connectivity index is 1.99. The van der Waals surface area contributed by atoms with Crippen LogP contribution in [0.25, 0.3) is 0 Å². The number of nitrogens with one attached hydrogen (secondary N) is 1. The van der Waals surface area contributed by atoms with Crippen LogP contribution >= 0.6 is 0 Å². The van der Waals surface area contributed by atoms with Gasteiger partial charge in [0.1, 0.15) is 22.8 Å². The third kappa shape index (κ3) is 4.12. The van der Waals surface area contributed by atoms with Crippen LogP contribution in [-0.2, 0) is 17.8 Å². The number of methoxy groups -OCH3 is 1. The van der Waals surface area contributed by atoms with E-state index in [0.717, 1.165) is 11.1 Å². The third-order valence-corrected chi connectivity index (χ3v) is 3.45. The fraction of sp³-hybridized carbons (Fsp3) is 0.294. The quantitative estimate of drug-likeness (QED) is 0.854. The summed E-state index contributed by atoms with van der Waals surface area (Å²) in [5.74, 6) is 0.146. The number of hydrogen-bond acceptors (Lipinski definition) is 4. The highest BCUT2D eigenvalue weighted by molar-refractivity contribution is 5.88. The van der Waals surface area contributed by atoms with Crippen LogP contribution in [0.3, 0.4) is 0 Å². The number of carboxylic acid groups (broad SMARTS) is 1. The molecule has 6 nitrogen and oxygen atoms in total. The van der Waals surface area contributed by atoms with Crippen molar-refractivity contribution in [1.29, 1.82) is 0 Å². The highest BCUT2D eigenvalue weighted by Gasteiger charge is 2.15. The van der Waals surface area contributed by atoms with E-state index in [1.54, 1.807) is 14.0 Å². The lowest BCUT2D eigenvalue weighted by Gasteiger charge is -2.09. The van der Waals surface area contributed by atoms with E-state index in [2.05, 4.69) is 5.32 Å². The van der Waals surface area contributed by atoms with E-state index in [4.69, 9.17) is 14.3 Å². The molecule has 122 valence electrons. The Morgan fingerprint density at radius 3 is 2.61 bits per heavy atom. The van der Waals surface area contributed by atoms with Crippen molar-refractivity contribution in [2.45, 2.75) is 26.8 Å². The zero-order chi connectivity index (χ0) is 17.0. The molecule has 2 rings (SSSR count). The van der Waals surface area contributed by atoms with E-state index in [1.807, 2.05) is 25.1 Å². The summed E-state index contributed by atoms with van der Waals surface area (Å²) in [5.41, 5.74) is 1.95. The standard InChI is InChI=1S/C17H19NO5/c1-10-4-5-15(22-3)12(6-10)7-16(19)18-9-13-8-14(17(20)21)11(2)23-13/h4-6,8H,7,9H2,1-3H3,(H,18,19)(H,20,21). The lowest BCUT2D eigenvalue weighted by Crippen LogP contribution is -2.24. The predicted molar refractivity (Wildman–Crippen MR) is 83.7 cm³/mol. The number of rotatable bonds is 6. The Morgan fingerprint density at radius 1 is 1.26 bits per heavy atom. The van der Waals surface area contributed by atoms with Gasteiger partial charge in [-0.05, 0) is 26.0 Å². The molecule has 1 aromatic heterocycles. The number of aromatic carboxylic acids is 1. The van der Waals surface area contributed by atoms with Crippen LogP contribution in [0.2, 0.25) is 0 Å². The van der Waals surface area contributed by atoms with Crippen molar-refractivity contribution in [3.8, 4) is 5.75 Å². The second kappa shape index (κ2) is 7.00. The Morgan fingerprint density at radius 2 is 2.00 bits per heavy atom. The number of furan rings is 1. The summed E-state index contributed by atoms with van der Waals surface area (Å²) in [7, 11) is 1.56. The Hall–Kier alpha value is -2.76. The maximum absolute atomic E-state index is 12.1.